The van der Waals surface area contributed by atoms with Crippen molar-refractivity contribution in [2.45, 2.75) is 6.92 Å². The first-order valence-electron chi connectivity index (χ1n) is 6.03. The minimum Gasteiger partial charge on any atom is -0.465 e. The van der Waals surface area contributed by atoms with Crippen LogP contribution in [0.25, 0.3) is 21.8 Å². The highest BCUT2D eigenvalue weighted by Crippen LogP contribution is 2.32. The molecule has 0 saturated heterocycles. The molecule has 0 atom stereocenters. The highest BCUT2D eigenvalue weighted by Gasteiger charge is 2.20. The van der Waals surface area contributed by atoms with Gasteiger partial charge in [-0.3, -0.25) is 0 Å². The summed E-state index contributed by atoms with van der Waals surface area (Å²) in [6.07, 6.45) is 0. The second-order valence-electron chi connectivity index (χ2n) is 4.44. The lowest BCUT2D eigenvalue weighted by Crippen LogP contribution is -2.08. The smallest absolute Gasteiger partial charge is 0.340 e. The molecule has 1 aromatic carbocycles. The molecule has 21 heavy (non-hydrogen) atoms. The minimum atomic E-state index is -0.504. The molecule has 0 aliphatic carbocycles. The average Bonchev–Trinajstić information content (AvgIpc) is 2.47. The molecule has 0 aliphatic rings. The zero-order valence-corrected chi connectivity index (χ0v) is 12.7. The molecule has 0 radical (unpaired) electrons. The van der Waals surface area contributed by atoms with E-state index in [9.17, 15) is 4.79 Å². The van der Waals surface area contributed by atoms with E-state index in [-0.39, 0.29) is 5.15 Å². The highest BCUT2D eigenvalue weighted by molar-refractivity contribution is 6.36. The number of nitrogens with zero attached hydrogens (tertiary/aromatic N) is 3. The molecule has 0 unspecified atom stereocenters. The first kappa shape index (κ1) is 14.0. The van der Waals surface area contributed by atoms with Gasteiger partial charge in [0.2, 0.25) is 0 Å². The third-order valence-corrected chi connectivity index (χ3v) is 3.68. The van der Waals surface area contributed by atoms with Gasteiger partial charge in [-0.2, -0.15) is 5.10 Å². The summed E-state index contributed by atoms with van der Waals surface area (Å²) < 4.78 is 4.84. The van der Waals surface area contributed by atoms with Crippen LogP contribution >= 0.6 is 23.2 Å². The highest BCUT2D eigenvalue weighted by atomic mass is 35.5. The largest absolute Gasteiger partial charge is 0.465 e. The summed E-state index contributed by atoms with van der Waals surface area (Å²) in [5, 5.41) is 9.93. The van der Waals surface area contributed by atoms with Crippen molar-refractivity contribution in [3.05, 3.63) is 39.6 Å². The van der Waals surface area contributed by atoms with Crippen molar-refractivity contribution in [3.8, 4) is 0 Å². The molecule has 3 aromatic rings. The normalized spacial score (nSPS) is 11.0. The maximum atomic E-state index is 12.1. The maximum absolute atomic E-state index is 12.1. The molecule has 0 aliphatic heterocycles. The fraction of sp³-hybridized carbons (Fsp3) is 0.143. The number of carbonyl (C=O) groups is 1. The van der Waals surface area contributed by atoms with E-state index in [1.54, 1.807) is 25.1 Å². The van der Waals surface area contributed by atoms with Gasteiger partial charge in [0.05, 0.1) is 23.9 Å². The second kappa shape index (κ2) is 5.09. The lowest BCUT2D eigenvalue weighted by molar-refractivity contribution is 0.0601. The average molecular weight is 322 g/mol. The van der Waals surface area contributed by atoms with Gasteiger partial charge in [0, 0.05) is 15.8 Å². The van der Waals surface area contributed by atoms with Gasteiger partial charge in [0.15, 0.2) is 5.15 Å². The van der Waals surface area contributed by atoms with Gasteiger partial charge in [-0.1, -0.05) is 23.2 Å². The molecule has 7 heteroatoms. The predicted molar refractivity (Wildman–Crippen MR) is 80.9 cm³/mol. The zero-order valence-electron chi connectivity index (χ0n) is 11.1. The zero-order chi connectivity index (χ0) is 15.1. The lowest BCUT2D eigenvalue weighted by Gasteiger charge is -2.10. The Morgan fingerprint density at radius 3 is 2.71 bits per heavy atom. The number of hydrogen-bond donors (Lipinski definition) is 0. The summed E-state index contributed by atoms with van der Waals surface area (Å²) in [5.74, 6) is -0.504. The third-order valence-electron chi connectivity index (χ3n) is 3.18. The van der Waals surface area contributed by atoms with E-state index in [1.807, 2.05) is 0 Å². The van der Waals surface area contributed by atoms with Crippen molar-refractivity contribution in [2.24, 2.45) is 0 Å². The topological polar surface area (TPSA) is 65.0 Å². The molecule has 0 spiro atoms. The van der Waals surface area contributed by atoms with E-state index in [4.69, 9.17) is 27.9 Å². The monoisotopic (exact) mass is 321 g/mol. The van der Waals surface area contributed by atoms with Crippen LogP contribution in [0.3, 0.4) is 0 Å². The van der Waals surface area contributed by atoms with E-state index < -0.39 is 5.97 Å². The van der Waals surface area contributed by atoms with Gasteiger partial charge in [0.25, 0.3) is 0 Å². The quantitative estimate of drug-likeness (QED) is 0.389. The number of rotatable bonds is 1. The Bertz CT molecular complexity index is 896. The Morgan fingerprint density at radius 1 is 1.24 bits per heavy atom. The molecule has 0 saturated carbocycles. The van der Waals surface area contributed by atoms with Crippen LogP contribution in [-0.2, 0) is 4.74 Å². The fourth-order valence-corrected chi connectivity index (χ4v) is 2.64. The Morgan fingerprint density at radius 2 is 2.00 bits per heavy atom. The fourth-order valence-electron chi connectivity index (χ4n) is 2.25. The summed E-state index contributed by atoms with van der Waals surface area (Å²) in [6, 6.07) is 5.16. The summed E-state index contributed by atoms with van der Waals surface area (Å²) in [5.41, 5.74) is 1.74. The van der Waals surface area contributed by atoms with Crippen molar-refractivity contribution >= 4 is 51.0 Å². The summed E-state index contributed by atoms with van der Waals surface area (Å²) in [4.78, 5) is 16.4. The Labute approximate surface area is 129 Å². The number of hydrogen-bond acceptors (Lipinski definition) is 5. The van der Waals surface area contributed by atoms with Crippen molar-refractivity contribution < 1.29 is 9.53 Å². The number of halogens is 2. The molecule has 0 bridgehead atoms. The number of pyridine rings is 1. The number of carbonyl (C=O) groups excluding carboxylic acids is 1. The van der Waals surface area contributed by atoms with Crippen LogP contribution in [-0.4, -0.2) is 28.3 Å². The van der Waals surface area contributed by atoms with Crippen molar-refractivity contribution in [1.29, 1.82) is 0 Å². The summed E-state index contributed by atoms with van der Waals surface area (Å²) in [6.45, 7) is 1.68. The molecule has 0 amide bonds. The van der Waals surface area contributed by atoms with E-state index >= 15 is 0 Å². The molecule has 5 nitrogen and oxygen atoms in total. The van der Waals surface area contributed by atoms with Crippen LogP contribution in [0.2, 0.25) is 10.2 Å². The number of benzene rings is 1. The number of ether oxygens (including phenoxy) is 1. The molecular formula is C14H9Cl2N3O2. The summed E-state index contributed by atoms with van der Waals surface area (Å²) >= 11 is 12.2. The molecular weight excluding hydrogens is 313 g/mol. The van der Waals surface area contributed by atoms with Crippen LogP contribution in [0.4, 0.5) is 0 Å². The van der Waals surface area contributed by atoms with Gasteiger partial charge in [-0.15, -0.1) is 5.10 Å². The molecule has 2 aromatic heterocycles. The summed E-state index contributed by atoms with van der Waals surface area (Å²) in [7, 11) is 1.31. The number of aromatic nitrogens is 3. The minimum absolute atomic E-state index is 0.178. The molecule has 106 valence electrons. The molecule has 2 heterocycles. The Hall–Kier alpha value is -1.98. The first-order valence-corrected chi connectivity index (χ1v) is 6.78. The van der Waals surface area contributed by atoms with Crippen LogP contribution in [0.5, 0.6) is 0 Å². The Balaban J connectivity index is 2.61. The van der Waals surface area contributed by atoms with Crippen molar-refractivity contribution in [1.82, 2.24) is 15.2 Å². The standard InChI is InChI=1S/C14H9Cl2N3O2/c1-6-10(14(20)21-2)11-8-5-7(15)3-4-9(8)17-13(16)12(11)19-18-6/h3-5H,1-2H3. The van der Waals surface area contributed by atoms with Crippen LogP contribution in [0.1, 0.15) is 16.1 Å². The van der Waals surface area contributed by atoms with Crippen molar-refractivity contribution in [2.75, 3.05) is 7.11 Å². The second-order valence-corrected chi connectivity index (χ2v) is 5.23. The van der Waals surface area contributed by atoms with E-state index in [2.05, 4.69) is 15.2 Å². The van der Waals surface area contributed by atoms with E-state index in [0.29, 0.717) is 38.1 Å². The van der Waals surface area contributed by atoms with E-state index in [0.717, 1.165) is 0 Å². The molecule has 0 N–H and O–H groups in total. The molecule has 3 rings (SSSR count). The maximum Gasteiger partial charge on any atom is 0.340 e. The lowest BCUT2D eigenvalue weighted by atomic mass is 10.0. The van der Waals surface area contributed by atoms with E-state index in [1.165, 1.54) is 7.11 Å². The number of methoxy groups -OCH3 is 1. The van der Waals surface area contributed by atoms with Gasteiger partial charge in [0.1, 0.15) is 5.52 Å². The van der Waals surface area contributed by atoms with Gasteiger partial charge in [-0.05, 0) is 25.1 Å². The molecule has 0 fully saturated rings. The number of aryl methyl sites for hydroxylation is 1. The van der Waals surface area contributed by atoms with Gasteiger partial charge >= 0.3 is 5.97 Å². The number of esters is 1. The Kier molecular flexibility index (Phi) is 3.39. The van der Waals surface area contributed by atoms with Gasteiger partial charge < -0.3 is 4.74 Å². The predicted octanol–water partition coefficient (Wildman–Crippen LogP) is 3.58. The van der Waals surface area contributed by atoms with Crippen LogP contribution in [0.15, 0.2) is 18.2 Å². The third kappa shape index (κ3) is 2.18. The van der Waals surface area contributed by atoms with Crippen LogP contribution in [0, 0.1) is 6.92 Å². The van der Waals surface area contributed by atoms with Crippen molar-refractivity contribution in [3.63, 3.8) is 0 Å². The van der Waals surface area contributed by atoms with Gasteiger partial charge in [-0.25, -0.2) is 9.78 Å². The number of fused-ring (bicyclic) bond motifs is 3. The first-order chi connectivity index (χ1) is 10.0. The SMILES string of the molecule is COC(=O)c1c(C)nnc2c(Cl)nc3ccc(Cl)cc3c12. The van der Waals surface area contributed by atoms with Crippen LogP contribution < -0.4 is 0 Å².